The minimum absolute atomic E-state index is 0.185. The Hall–Kier alpha value is -0.930. The van der Waals surface area contributed by atoms with E-state index in [1.165, 1.54) is 5.56 Å². The molecule has 0 amide bonds. The lowest BCUT2D eigenvalue weighted by Crippen LogP contribution is -2.26. The van der Waals surface area contributed by atoms with E-state index in [4.69, 9.17) is 5.11 Å². The van der Waals surface area contributed by atoms with E-state index in [-0.39, 0.29) is 5.41 Å². The SMILES string of the molecule is Cc1ccc(CNCC2(CO)CC2)nc1. The van der Waals surface area contributed by atoms with Crippen LogP contribution in [0, 0.1) is 12.3 Å². The molecule has 0 saturated heterocycles. The Morgan fingerprint density at radius 3 is 2.80 bits per heavy atom. The fourth-order valence-corrected chi connectivity index (χ4v) is 1.63. The summed E-state index contributed by atoms with van der Waals surface area (Å²) in [4.78, 5) is 4.32. The van der Waals surface area contributed by atoms with Gasteiger partial charge in [0, 0.05) is 31.3 Å². The molecule has 0 aliphatic heterocycles. The van der Waals surface area contributed by atoms with Gasteiger partial charge in [-0.15, -0.1) is 0 Å². The molecule has 0 unspecified atom stereocenters. The minimum Gasteiger partial charge on any atom is -0.396 e. The zero-order chi connectivity index (χ0) is 10.7. The summed E-state index contributed by atoms with van der Waals surface area (Å²) in [6.45, 7) is 4.04. The number of pyridine rings is 1. The molecule has 1 aromatic heterocycles. The minimum atomic E-state index is 0.185. The summed E-state index contributed by atoms with van der Waals surface area (Å²) in [5.74, 6) is 0. The van der Waals surface area contributed by atoms with E-state index in [9.17, 15) is 0 Å². The highest BCUT2D eigenvalue weighted by Gasteiger charge is 2.41. The van der Waals surface area contributed by atoms with E-state index in [1.807, 2.05) is 19.2 Å². The maximum atomic E-state index is 9.13. The molecule has 0 aromatic carbocycles. The molecule has 3 nitrogen and oxygen atoms in total. The normalized spacial score (nSPS) is 17.7. The summed E-state index contributed by atoms with van der Waals surface area (Å²) < 4.78 is 0. The molecule has 3 heteroatoms. The van der Waals surface area contributed by atoms with E-state index < -0.39 is 0 Å². The van der Waals surface area contributed by atoms with Crippen molar-refractivity contribution in [3.63, 3.8) is 0 Å². The van der Waals surface area contributed by atoms with Gasteiger partial charge in [-0.3, -0.25) is 4.98 Å². The zero-order valence-corrected chi connectivity index (χ0v) is 9.16. The lowest BCUT2D eigenvalue weighted by molar-refractivity contribution is 0.207. The molecule has 1 aliphatic carbocycles. The van der Waals surface area contributed by atoms with E-state index in [0.29, 0.717) is 6.61 Å². The van der Waals surface area contributed by atoms with Crippen LogP contribution in [0.2, 0.25) is 0 Å². The van der Waals surface area contributed by atoms with Crippen LogP contribution in [0.15, 0.2) is 18.3 Å². The van der Waals surface area contributed by atoms with Gasteiger partial charge in [0.05, 0.1) is 5.69 Å². The van der Waals surface area contributed by atoms with Crippen molar-refractivity contribution in [3.8, 4) is 0 Å². The number of aromatic nitrogens is 1. The third kappa shape index (κ3) is 2.76. The Kier molecular flexibility index (Phi) is 3.03. The second-order valence-electron chi connectivity index (χ2n) is 4.59. The molecular weight excluding hydrogens is 188 g/mol. The first-order valence-electron chi connectivity index (χ1n) is 5.47. The molecule has 2 N–H and O–H groups in total. The van der Waals surface area contributed by atoms with Crippen LogP contribution in [-0.4, -0.2) is 23.2 Å². The van der Waals surface area contributed by atoms with Gasteiger partial charge < -0.3 is 10.4 Å². The molecule has 0 bridgehead atoms. The van der Waals surface area contributed by atoms with Crippen LogP contribution in [0.4, 0.5) is 0 Å². The lowest BCUT2D eigenvalue weighted by atomic mass is 10.1. The van der Waals surface area contributed by atoms with E-state index in [0.717, 1.165) is 31.6 Å². The standard InChI is InChI=1S/C12H18N2O/c1-10-2-3-11(14-6-10)7-13-8-12(9-15)4-5-12/h2-3,6,13,15H,4-5,7-9H2,1H3. The quantitative estimate of drug-likeness (QED) is 0.762. The van der Waals surface area contributed by atoms with Crippen LogP contribution >= 0.6 is 0 Å². The molecule has 1 aromatic rings. The number of nitrogens with one attached hydrogen (secondary N) is 1. The Labute approximate surface area is 90.5 Å². The molecule has 1 heterocycles. The first-order valence-corrected chi connectivity index (χ1v) is 5.47. The highest BCUT2D eigenvalue weighted by atomic mass is 16.3. The molecule has 0 atom stereocenters. The first kappa shape index (κ1) is 10.6. The van der Waals surface area contributed by atoms with E-state index in [1.54, 1.807) is 0 Å². The van der Waals surface area contributed by atoms with Crippen LogP contribution in [0.25, 0.3) is 0 Å². The summed E-state index contributed by atoms with van der Waals surface area (Å²) in [5.41, 5.74) is 2.44. The number of hydrogen-bond acceptors (Lipinski definition) is 3. The molecular formula is C12H18N2O. The van der Waals surface area contributed by atoms with Crippen LogP contribution < -0.4 is 5.32 Å². The number of nitrogens with zero attached hydrogens (tertiary/aromatic N) is 1. The van der Waals surface area contributed by atoms with Gasteiger partial charge in [-0.25, -0.2) is 0 Å². The van der Waals surface area contributed by atoms with Crippen LogP contribution in [0.3, 0.4) is 0 Å². The first-order chi connectivity index (χ1) is 7.24. The van der Waals surface area contributed by atoms with Crippen LogP contribution in [0.1, 0.15) is 24.1 Å². The molecule has 1 fully saturated rings. The van der Waals surface area contributed by atoms with Crippen LogP contribution in [-0.2, 0) is 6.54 Å². The van der Waals surface area contributed by atoms with Gasteiger partial charge in [0.15, 0.2) is 0 Å². The van der Waals surface area contributed by atoms with Gasteiger partial charge in [0.2, 0.25) is 0 Å². The topological polar surface area (TPSA) is 45.1 Å². The Morgan fingerprint density at radius 1 is 1.47 bits per heavy atom. The molecule has 1 aliphatic rings. The second kappa shape index (κ2) is 4.29. The van der Waals surface area contributed by atoms with Gasteiger partial charge in [0.25, 0.3) is 0 Å². The third-order valence-corrected chi connectivity index (χ3v) is 3.07. The fraction of sp³-hybridized carbons (Fsp3) is 0.583. The Bertz CT molecular complexity index is 317. The van der Waals surface area contributed by atoms with E-state index >= 15 is 0 Å². The van der Waals surface area contributed by atoms with Crippen LogP contribution in [0.5, 0.6) is 0 Å². The van der Waals surface area contributed by atoms with Crippen molar-refractivity contribution in [2.45, 2.75) is 26.3 Å². The van der Waals surface area contributed by atoms with Crippen molar-refractivity contribution in [2.75, 3.05) is 13.2 Å². The summed E-state index contributed by atoms with van der Waals surface area (Å²) in [6.07, 6.45) is 4.19. The predicted octanol–water partition coefficient (Wildman–Crippen LogP) is 1.25. The average molecular weight is 206 g/mol. The molecule has 15 heavy (non-hydrogen) atoms. The monoisotopic (exact) mass is 206 g/mol. The molecule has 0 spiro atoms. The third-order valence-electron chi connectivity index (χ3n) is 3.07. The van der Waals surface area contributed by atoms with E-state index in [2.05, 4.69) is 16.4 Å². The molecule has 2 rings (SSSR count). The fourth-order valence-electron chi connectivity index (χ4n) is 1.63. The van der Waals surface area contributed by atoms with Gasteiger partial charge in [0.1, 0.15) is 0 Å². The maximum Gasteiger partial charge on any atom is 0.0541 e. The Morgan fingerprint density at radius 2 is 2.27 bits per heavy atom. The average Bonchev–Trinajstić information content (AvgIpc) is 3.02. The van der Waals surface area contributed by atoms with Gasteiger partial charge in [-0.1, -0.05) is 6.07 Å². The van der Waals surface area contributed by atoms with Gasteiger partial charge in [-0.05, 0) is 31.4 Å². The molecule has 0 radical (unpaired) electrons. The number of aryl methyl sites for hydroxylation is 1. The van der Waals surface area contributed by atoms with Gasteiger partial charge >= 0.3 is 0 Å². The summed E-state index contributed by atoms with van der Waals surface area (Å²) in [6, 6.07) is 4.11. The Balaban J connectivity index is 1.76. The predicted molar refractivity (Wildman–Crippen MR) is 59.4 cm³/mol. The highest BCUT2D eigenvalue weighted by molar-refractivity contribution is 5.12. The lowest BCUT2D eigenvalue weighted by Gasteiger charge is -2.12. The smallest absolute Gasteiger partial charge is 0.0541 e. The van der Waals surface area contributed by atoms with Crippen molar-refractivity contribution >= 4 is 0 Å². The largest absolute Gasteiger partial charge is 0.396 e. The summed E-state index contributed by atoms with van der Waals surface area (Å²) in [7, 11) is 0. The van der Waals surface area contributed by atoms with Crippen molar-refractivity contribution in [1.29, 1.82) is 0 Å². The maximum absolute atomic E-state index is 9.13. The molecule has 82 valence electrons. The summed E-state index contributed by atoms with van der Waals surface area (Å²) in [5, 5.41) is 12.5. The summed E-state index contributed by atoms with van der Waals surface area (Å²) >= 11 is 0. The zero-order valence-electron chi connectivity index (χ0n) is 9.16. The second-order valence-corrected chi connectivity index (χ2v) is 4.59. The van der Waals surface area contributed by atoms with Crippen molar-refractivity contribution in [2.24, 2.45) is 5.41 Å². The molecule has 1 saturated carbocycles. The number of hydrogen-bond donors (Lipinski definition) is 2. The van der Waals surface area contributed by atoms with Crippen molar-refractivity contribution < 1.29 is 5.11 Å². The van der Waals surface area contributed by atoms with Crippen molar-refractivity contribution in [3.05, 3.63) is 29.6 Å². The van der Waals surface area contributed by atoms with Crippen molar-refractivity contribution in [1.82, 2.24) is 10.3 Å². The van der Waals surface area contributed by atoms with Gasteiger partial charge in [-0.2, -0.15) is 0 Å². The number of rotatable bonds is 5. The highest BCUT2D eigenvalue weighted by Crippen LogP contribution is 2.44. The number of aliphatic hydroxyl groups is 1. The number of aliphatic hydroxyl groups excluding tert-OH is 1.